The van der Waals surface area contributed by atoms with Crippen LogP contribution in [0.5, 0.6) is 0 Å². The van der Waals surface area contributed by atoms with Crippen LogP contribution in [0.25, 0.3) is 0 Å². The maximum absolute atomic E-state index is 12.5. The summed E-state index contributed by atoms with van der Waals surface area (Å²) in [6.07, 6.45) is 0.366. The standard InChI is InChI=1S/C18H24N2O5S/c1-13-16(14(2)25-19-13)10-24-18-8-9-23-11-17(18)20-26(21,22)12-15-6-4-3-5-7-15/h3-7,17-18,20H,8-12H2,1-2H3/t17-,18+/m1/s1. The molecule has 26 heavy (non-hydrogen) atoms. The summed E-state index contributed by atoms with van der Waals surface area (Å²) in [5.74, 6) is 0.650. The molecule has 0 unspecified atom stereocenters. The number of nitrogens with one attached hydrogen (secondary N) is 1. The molecule has 142 valence electrons. The highest BCUT2D eigenvalue weighted by atomic mass is 32.2. The lowest BCUT2D eigenvalue weighted by molar-refractivity contribution is -0.0575. The molecule has 1 aromatic carbocycles. The minimum atomic E-state index is -3.50. The van der Waals surface area contributed by atoms with E-state index >= 15 is 0 Å². The molecule has 0 spiro atoms. The Hall–Kier alpha value is -1.74. The summed E-state index contributed by atoms with van der Waals surface area (Å²) < 4.78 is 44.3. The van der Waals surface area contributed by atoms with Crippen molar-refractivity contribution in [3.05, 3.63) is 52.9 Å². The minimum Gasteiger partial charge on any atom is -0.380 e. The Morgan fingerprint density at radius 3 is 2.73 bits per heavy atom. The first-order chi connectivity index (χ1) is 12.4. The molecule has 0 aliphatic carbocycles. The summed E-state index contributed by atoms with van der Waals surface area (Å²) in [4.78, 5) is 0. The van der Waals surface area contributed by atoms with Gasteiger partial charge >= 0.3 is 0 Å². The maximum atomic E-state index is 12.5. The van der Waals surface area contributed by atoms with E-state index in [1.54, 1.807) is 12.1 Å². The van der Waals surface area contributed by atoms with Gasteiger partial charge in [-0.2, -0.15) is 0 Å². The van der Waals surface area contributed by atoms with E-state index in [4.69, 9.17) is 14.0 Å². The Kier molecular flexibility index (Phi) is 6.08. The van der Waals surface area contributed by atoms with Crippen LogP contribution in [-0.4, -0.2) is 38.9 Å². The fourth-order valence-corrected chi connectivity index (χ4v) is 4.39. The maximum Gasteiger partial charge on any atom is 0.216 e. The number of benzene rings is 1. The first kappa shape index (κ1) is 19.0. The van der Waals surface area contributed by atoms with Gasteiger partial charge in [0.05, 0.1) is 36.8 Å². The topological polar surface area (TPSA) is 90.7 Å². The van der Waals surface area contributed by atoms with E-state index in [2.05, 4.69) is 9.88 Å². The van der Waals surface area contributed by atoms with E-state index in [1.165, 1.54) is 0 Å². The molecule has 0 saturated carbocycles. The molecular formula is C18H24N2O5S. The molecule has 1 saturated heterocycles. The number of ether oxygens (including phenoxy) is 2. The van der Waals surface area contributed by atoms with Crippen LogP contribution < -0.4 is 4.72 Å². The monoisotopic (exact) mass is 380 g/mol. The summed E-state index contributed by atoms with van der Waals surface area (Å²) in [7, 11) is -3.50. The second-order valence-electron chi connectivity index (χ2n) is 6.48. The summed E-state index contributed by atoms with van der Waals surface area (Å²) in [6.45, 7) is 4.87. The molecule has 1 fully saturated rings. The van der Waals surface area contributed by atoms with Gasteiger partial charge in [-0.3, -0.25) is 0 Å². The number of aryl methyl sites for hydroxylation is 2. The van der Waals surface area contributed by atoms with Crippen molar-refractivity contribution in [3.63, 3.8) is 0 Å². The van der Waals surface area contributed by atoms with Crippen molar-refractivity contribution in [1.29, 1.82) is 0 Å². The average Bonchev–Trinajstić information content (AvgIpc) is 2.92. The minimum absolute atomic E-state index is 0.0685. The lowest BCUT2D eigenvalue weighted by Crippen LogP contribution is -2.50. The zero-order chi connectivity index (χ0) is 18.6. The molecule has 0 radical (unpaired) electrons. The quantitative estimate of drug-likeness (QED) is 0.791. The van der Waals surface area contributed by atoms with Crippen LogP contribution in [0.1, 0.15) is 29.0 Å². The van der Waals surface area contributed by atoms with Gasteiger partial charge in [0.15, 0.2) is 0 Å². The molecule has 1 N–H and O–H groups in total. The van der Waals surface area contributed by atoms with Crippen LogP contribution in [0, 0.1) is 13.8 Å². The van der Waals surface area contributed by atoms with Crippen LogP contribution in [-0.2, 0) is 31.9 Å². The third-order valence-corrected chi connectivity index (χ3v) is 5.82. The van der Waals surface area contributed by atoms with Gasteiger partial charge in [0.1, 0.15) is 5.76 Å². The number of aromatic nitrogens is 1. The first-order valence-electron chi connectivity index (χ1n) is 8.59. The highest BCUT2D eigenvalue weighted by molar-refractivity contribution is 7.88. The normalized spacial score (nSPS) is 21.0. The van der Waals surface area contributed by atoms with Gasteiger partial charge in [-0.25, -0.2) is 13.1 Å². The molecular weight excluding hydrogens is 356 g/mol. The number of sulfonamides is 1. The van der Waals surface area contributed by atoms with Crippen LogP contribution in [0.3, 0.4) is 0 Å². The Balaban J connectivity index is 1.63. The van der Waals surface area contributed by atoms with E-state index in [1.807, 2.05) is 32.0 Å². The van der Waals surface area contributed by atoms with E-state index < -0.39 is 16.1 Å². The van der Waals surface area contributed by atoms with Crippen molar-refractivity contribution in [2.75, 3.05) is 13.2 Å². The Morgan fingerprint density at radius 1 is 1.27 bits per heavy atom. The molecule has 0 amide bonds. The second kappa shape index (κ2) is 8.30. The van der Waals surface area contributed by atoms with Crippen LogP contribution >= 0.6 is 0 Å². The molecule has 2 aromatic rings. The number of rotatable bonds is 7. The van der Waals surface area contributed by atoms with E-state index in [9.17, 15) is 8.42 Å². The third-order valence-electron chi connectivity index (χ3n) is 4.45. The Labute approximate surface area is 153 Å². The van der Waals surface area contributed by atoms with Gasteiger partial charge in [-0.15, -0.1) is 0 Å². The van der Waals surface area contributed by atoms with Crippen molar-refractivity contribution in [2.24, 2.45) is 0 Å². The molecule has 1 aliphatic heterocycles. The summed E-state index contributed by atoms with van der Waals surface area (Å²) in [5.41, 5.74) is 2.43. The fraction of sp³-hybridized carbons (Fsp3) is 0.500. The summed E-state index contributed by atoms with van der Waals surface area (Å²) in [5, 5.41) is 3.91. The molecule has 2 heterocycles. The van der Waals surface area contributed by atoms with Gasteiger partial charge < -0.3 is 14.0 Å². The number of nitrogens with zero attached hydrogens (tertiary/aromatic N) is 1. The number of hydrogen-bond donors (Lipinski definition) is 1. The van der Waals surface area contributed by atoms with Gasteiger partial charge in [-0.1, -0.05) is 35.5 Å². The van der Waals surface area contributed by atoms with Gasteiger partial charge in [-0.05, 0) is 25.8 Å². The summed E-state index contributed by atoms with van der Waals surface area (Å²) in [6, 6.07) is 8.67. The van der Waals surface area contributed by atoms with Crippen LogP contribution in [0.4, 0.5) is 0 Å². The third kappa shape index (κ3) is 4.91. The van der Waals surface area contributed by atoms with Gasteiger partial charge in [0.25, 0.3) is 0 Å². The van der Waals surface area contributed by atoms with Crippen molar-refractivity contribution >= 4 is 10.0 Å². The molecule has 8 heteroatoms. The smallest absolute Gasteiger partial charge is 0.216 e. The molecule has 2 atom stereocenters. The largest absolute Gasteiger partial charge is 0.380 e. The fourth-order valence-electron chi connectivity index (χ4n) is 2.99. The molecule has 1 aliphatic rings. The molecule has 3 rings (SSSR count). The lowest BCUT2D eigenvalue weighted by atomic mass is 10.1. The Morgan fingerprint density at radius 2 is 2.04 bits per heavy atom. The predicted octanol–water partition coefficient (Wildman–Crippen LogP) is 2.09. The molecule has 7 nitrogen and oxygen atoms in total. The first-order valence-corrected chi connectivity index (χ1v) is 10.2. The van der Waals surface area contributed by atoms with E-state index in [0.717, 1.165) is 22.6 Å². The van der Waals surface area contributed by atoms with Crippen molar-refractivity contribution < 1.29 is 22.4 Å². The van der Waals surface area contributed by atoms with E-state index in [-0.39, 0.29) is 11.9 Å². The second-order valence-corrected chi connectivity index (χ2v) is 8.24. The van der Waals surface area contributed by atoms with Crippen LogP contribution in [0.2, 0.25) is 0 Å². The lowest BCUT2D eigenvalue weighted by Gasteiger charge is -2.31. The zero-order valence-corrected chi connectivity index (χ0v) is 15.8. The Bertz CT molecular complexity index is 800. The van der Waals surface area contributed by atoms with Crippen molar-refractivity contribution in [1.82, 2.24) is 9.88 Å². The highest BCUT2D eigenvalue weighted by Gasteiger charge is 2.30. The van der Waals surface area contributed by atoms with Crippen molar-refractivity contribution in [3.8, 4) is 0 Å². The summed E-state index contributed by atoms with van der Waals surface area (Å²) >= 11 is 0. The average molecular weight is 380 g/mol. The zero-order valence-electron chi connectivity index (χ0n) is 15.0. The highest BCUT2D eigenvalue weighted by Crippen LogP contribution is 2.19. The SMILES string of the molecule is Cc1noc(C)c1CO[C@H]1CCOC[C@H]1NS(=O)(=O)Cc1ccccc1. The number of hydrogen-bond acceptors (Lipinski definition) is 6. The van der Waals surface area contributed by atoms with Crippen molar-refractivity contribution in [2.45, 2.75) is 44.8 Å². The predicted molar refractivity (Wildman–Crippen MR) is 96.0 cm³/mol. The molecule has 0 bridgehead atoms. The van der Waals surface area contributed by atoms with Gasteiger partial charge in [0, 0.05) is 12.2 Å². The van der Waals surface area contributed by atoms with Crippen LogP contribution in [0.15, 0.2) is 34.9 Å². The van der Waals surface area contributed by atoms with E-state index in [0.29, 0.717) is 26.2 Å². The molecule has 1 aromatic heterocycles. The van der Waals surface area contributed by atoms with Gasteiger partial charge in [0.2, 0.25) is 10.0 Å².